The van der Waals surface area contributed by atoms with Crippen molar-refractivity contribution >= 4 is 29.3 Å². The van der Waals surface area contributed by atoms with Gasteiger partial charge in [-0.1, -0.05) is 23.7 Å². The van der Waals surface area contributed by atoms with Crippen LogP contribution in [0, 0.1) is 0 Å². The summed E-state index contributed by atoms with van der Waals surface area (Å²) in [5, 5.41) is 3.04. The molecule has 1 aliphatic rings. The predicted octanol–water partition coefficient (Wildman–Crippen LogP) is 1.22. The molecular formula is C13H14ClN3O2. The molecule has 3 N–H and O–H groups in total. The molecule has 6 heteroatoms. The van der Waals surface area contributed by atoms with Crippen molar-refractivity contribution in [3.05, 3.63) is 34.9 Å². The van der Waals surface area contributed by atoms with E-state index in [1.807, 2.05) is 0 Å². The van der Waals surface area contributed by atoms with Gasteiger partial charge in [0, 0.05) is 5.02 Å². The van der Waals surface area contributed by atoms with Gasteiger partial charge in [0.1, 0.15) is 11.8 Å². The Hall–Kier alpha value is -1.72. The van der Waals surface area contributed by atoms with Gasteiger partial charge in [-0.15, -0.1) is 0 Å². The topological polar surface area (TPSA) is 84.5 Å². The fourth-order valence-corrected chi connectivity index (χ4v) is 1.99. The molecule has 0 radical (unpaired) electrons. The number of hydrogen-bond acceptors (Lipinski definition) is 3. The van der Waals surface area contributed by atoms with Crippen LogP contribution in [0.3, 0.4) is 0 Å². The molecule has 1 heterocycles. The van der Waals surface area contributed by atoms with Gasteiger partial charge in [-0.05, 0) is 31.5 Å². The third-order valence-electron chi connectivity index (χ3n) is 2.77. The number of carbonyl (C=O) groups is 2. The summed E-state index contributed by atoms with van der Waals surface area (Å²) in [6, 6.07) is 6.61. The van der Waals surface area contributed by atoms with E-state index in [9.17, 15) is 9.59 Å². The number of benzene rings is 1. The Morgan fingerprint density at radius 3 is 2.58 bits per heavy atom. The highest BCUT2D eigenvalue weighted by atomic mass is 35.5. The summed E-state index contributed by atoms with van der Waals surface area (Å²) in [5.41, 5.74) is 5.47. The summed E-state index contributed by atoms with van der Waals surface area (Å²) in [6.45, 7) is 3.33. The van der Waals surface area contributed by atoms with Gasteiger partial charge in [0.25, 0.3) is 5.91 Å². The van der Waals surface area contributed by atoms with Gasteiger partial charge in [-0.3, -0.25) is 9.59 Å². The smallest absolute Gasteiger partial charge is 0.264 e. The van der Waals surface area contributed by atoms with Gasteiger partial charge in [-0.2, -0.15) is 4.99 Å². The monoisotopic (exact) mass is 279 g/mol. The van der Waals surface area contributed by atoms with Crippen molar-refractivity contribution in [1.29, 1.82) is 0 Å². The molecule has 0 aromatic heterocycles. The molecule has 0 bridgehead atoms. The maximum absolute atomic E-state index is 12.1. The van der Waals surface area contributed by atoms with Gasteiger partial charge in [0.2, 0.25) is 5.91 Å². The van der Waals surface area contributed by atoms with E-state index in [0.29, 0.717) is 10.6 Å². The van der Waals surface area contributed by atoms with Crippen molar-refractivity contribution < 1.29 is 9.59 Å². The second-order valence-electron chi connectivity index (χ2n) is 5.00. The summed E-state index contributed by atoms with van der Waals surface area (Å²) < 4.78 is 0. The van der Waals surface area contributed by atoms with Gasteiger partial charge in [-0.25, -0.2) is 0 Å². The first kappa shape index (κ1) is 13.7. The summed E-state index contributed by atoms with van der Waals surface area (Å²) >= 11 is 5.86. The van der Waals surface area contributed by atoms with E-state index in [1.165, 1.54) is 0 Å². The number of rotatable bonds is 2. The fraction of sp³-hybridized carbons (Fsp3) is 0.308. The number of carbonyl (C=O) groups excluding carboxylic acids is 2. The standard InChI is InChI=1S/C13H14ClN3O2/c1-13(2,15)12-16-10(18)9(11(19)17-12)7-4-3-5-8(14)6-7/h3-6,9H,15H2,1-2H3,(H,16,17,18,19). The second-order valence-corrected chi connectivity index (χ2v) is 5.43. The molecule has 1 unspecified atom stereocenters. The molecule has 1 atom stereocenters. The number of nitrogens with two attached hydrogens (primary N) is 1. The van der Waals surface area contributed by atoms with Crippen molar-refractivity contribution in [3.63, 3.8) is 0 Å². The first-order valence-corrected chi connectivity index (χ1v) is 6.15. The SMILES string of the molecule is CC(C)(N)C1=NC(=O)C(c2cccc(Cl)c2)C(=O)N1. The number of nitrogens with one attached hydrogen (secondary N) is 1. The van der Waals surface area contributed by atoms with E-state index >= 15 is 0 Å². The molecule has 19 heavy (non-hydrogen) atoms. The first-order valence-electron chi connectivity index (χ1n) is 5.77. The van der Waals surface area contributed by atoms with E-state index in [-0.39, 0.29) is 5.84 Å². The highest BCUT2D eigenvalue weighted by Crippen LogP contribution is 2.24. The zero-order chi connectivity index (χ0) is 14.2. The molecule has 2 amide bonds. The molecule has 1 aromatic rings. The number of hydrogen-bond donors (Lipinski definition) is 2. The van der Waals surface area contributed by atoms with Gasteiger partial charge in [0.05, 0.1) is 5.54 Å². The fourth-order valence-electron chi connectivity index (χ4n) is 1.79. The van der Waals surface area contributed by atoms with Gasteiger partial charge in [0.15, 0.2) is 0 Å². The molecule has 0 saturated heterocycles. The minimum atomic E-state index is -0.968. The van der Waals surface area contributed by atoms with Gasteiger partial charge >= 0.3 is 0 Å². The summed E-state index contributed by atoms with van der Waals surface area (Å²) in [5.74, 6) is -1.75. The van der Waals surface area contributed by atoms with Crippen molar-refractivity contribution in [2.24, 2.45) is 10.7 Å². The average molecular weight is 280 g/mol. The largest absolute Gasteiger partial charge is 0.319 e. The Balaban J connectivity index is 2.38. The third-order valence-corrected chi connectivity index (χ3v) is 3.00. The van der Waals surface area contributed by atoms with Crippen molar-refractivity contribution in [2.45, 2.75) is 25.3 Å². The Kier molecular flexibility index (Phi) is 3.43. The lowest BCUT2D eigenvalue weighted by atomic mass is 9.94. The number of halogens is 1. The van der Waals surface area contributed by atoms with Crippen LogP contribution in [-0.2, 0) is 9.59 Å². The van der Waals surface area contributed by atoms with E-state index in [2.05, 4.69) is 10.3 Å². The molecule has 100 valence electrons. The normalized spacial score (nSPS) is 20.0. The maximum Gasteiger partial charge on any atom is 0.264 e. The number of nitrogens with zero attached hydrogens (tertiary/aromatic N) is 1. The Labute approximate surface area is 115 Å². The molecule has 1 aliphatic heterocycles. The van der Waals surface area contributed by atoms with E-state index in [0.717, 1.165) is 0 Å². The molecule has 2 rings (SSSR count). The number of aliphatic imine (C=N–C) groups is 1. The molecule has 5 nitrogen and oxygen atoms in total. The molecule has 0 saturated carbocycles. The van der Waals surface area contributed by atoms with Crippen LogP contribution in [-0.4, -0.2) is 23.2 Å². The highest BCUT2D eigenvalue weighted by molar-refractivity contribution is 6.30. The average Bonchev–Trinajstić information content (AvgIpc) is 2.26. The second kappa shape index (κ2) is 4.75. The minimum Gasteiger partial charge on any atom is -0.319 e. The zero-order valence-electron chi connectivity index (χ0n) is 10.6. The molecular weight excluding hydrogens is 266 g/mol. The van der Waals surface area contributed by atoms with Crippen LogP contribution in [0.1, 0.15) is 25.3 Å². The molecule has 0 fully saturated rings. The number of amidine groups is 1. The minimum absolute atomic E-state index is 0.181. The van der Waals surface area contributed by atoms with Crippen LogP contribution < -0.4 is 11.1 Å². The summed E-state index contributed by atoms with van der Waals surface area (Å²) in [7, 11) is 0. The Morgan fingerprint density at radius 2 is 2.05 bits per heavy atom. The first-order chi connectivity index (χ1) is 8.79. The molecule has 0 spiro atoms. The Morgan fingerprint density at radius 1 is 1.37 bits per heavy atom. The summed E-state index contributed by atoms with van der Waals surface area (Å²) in [4.78, 5) is 28.0. The number of amides is 2. The van der Waals surface area contributed by atoms with E-state index < -0.39 is 23.3 Å². The van der Waals surface area contributed by atoms with Crippen LogP contribution >= 0.6 is 11.6 Å². The van der Waals surface area contributed by atoms with E-state index in [1.54, 1.807) is 38.1 Å². The zero-order valence-corrected chi connectivity index (χ0v) is 11.4. The predicted molar refractivity (Wildman–Crippen MR) is 73.0 cm³/mol. The van der Waals surface area contributed by atoms with Crippen molar-refractivity contribution in [1.82, 2.24) is 5.32 Å². The van der Waals surface area contributed by atoms with Crippen LogP contribution in [0.15, 0.2) is 29.3 Å². The van der Waals surface area contributed by atoms with Gasteiger partial charge < -0.3 is 11.1 Å². The quantitative estimate of drug-likeness (QED) is 0.798. The Bertz CT molecular complexity index is 575. The molecule has 1 aromatic carbocycles. The molecule has 0 aliphatic carbocycles. The van der Waals surface area contributed by atoms with E-state index in [4.69, 9.17) is 17.3 Å². The summed E-state index contributed by atoms with van der Waals surface area (Å²) in [6.07, 6.45) is 0. The van der Waals surface area contributed by atoms with Crippen LogP contribution in [0.5, 0.6) is 0 Å². The van der Waals surface area contributed by atoms with Crippen LogP contribution in [0.2, 0.25) is 5.02 Å². The van der Waals surface area contributed by atoms with Crippen LogP contribution in [0.25, 0.3) is 0 Å². The van der Waals surface area contributed by atoms with Crippen LogP contribution in [0.4, 0.5) is 0 Å². The highest BCUT2D eigenvalue weighted by Gasteiger charge is 2.36. The van der Waals surface area contributed by atoms with Crippen molar-refractivity contribution in [3.8, 4) is 0 Å². The maximum atomic E-state index is 12.1. The lowest BCUT2D eigenvalue weighted by Crippen LogP contribution is -2.55. The van der Waals surface area contributed by atoms with Crippen molar-refractivity contribution in [2.75, 3.05) is 0 Å². The lowest BCUT2D eigenvalue weighted by Gasteiger charge is -2.27. The third kappa shape index (κ3) is 2.83. The lowest BCUT2D eigenvalue weighted by molar-refractivity contribution is -0.130.